The van der Waals surface area contributed by atoms with Crippen LogP contribution in [0, 0.1) is 0 Å². The van der Waals surface area contributed by atoms with Crippen LogP contribution in [0.2, 0.25) is 0 Å². The number of pyridine rings is 1. The third-order valence-electron chi connectivity index (χ3n) is 2.24. The molecule has 1 amide bonds. The van der Waals surface area contributed by atoms with Gasteiger partial charge in [-0.25, -0.2) is 4.98 Å². The monoisotopic (exact) mass is 310 g/mol. The number of nitrogens with one attached hydrogen (secondary N) is 1. The number of rotatable bonds is 4. The number of thiophene rings is 1. The first kappa shape index (κ1) is 12.3. The smallest absolute Gasteiger partial charge is 0.269 e. The summed E-state index contributed by atoms with van der Waals surface area (Å²) < 4.78 is 0.868. The Morgan fingerprint density at radius 3 is 2.94 bits per heavy atom. The predicted molar refractivity (Wildman–Crippen MR) is 72.3 cm³/mol. The van der Waals surface area contributed by atoms with Crippen molar-refractivity contribution in [2.75, 3.05) is 6.54 Å². The minimum absolute atomic E-state index is 0.132. The standard InChI is InChI=1S/C12H11BrN2OS/c13-10-1-2-11(15-7-10)12(16)14-5-3-9-4-6-17-8-9/h1-2,4,6-8H,3,5H2,(H,14,16). The van der Waals surface area contributed by atoms with Crippen LogP contribution in [0.15, 0.2) is 39.6 Å². The van der Waals surface area contributed by atoms with Gasteiger partial charge in [0.2, 0.25) is 0 Å². The number of amides is 1. The highest BCUT2D eigenvalue weighted by atomic mass is 79.9. The maximum Gasteiger partial charge on any atom is 0.269 e. The summed E-state index contributed by atoms with van der Waals surface area (Å²) in [5, 5.41) is 6.97. The number of hydrogen-bond acceptors (Lipinski definition) is 3. The number of carbonyl (C=O) groups excluding carboxylic acids is 1. The van der Waals surface area contributed by atoms with Crippen molar-refractivity contribution < 1.29 is 4.79 Å². The zero-order valence-electron chi connectivity index (χ0n) is 9.02. The first-order chi connectivity index (χ1) is 8.25. The molecule has 0 aliphatic rings. The highest BCUT2D eigenvalue weighted by Gasteiger charge is 2.05. The number of nitrogens with zero attached hydrogens (tertiary/aromatic N) is 1. The molecule has 17 heavy (non-hydrogen) atoms. The fraction of sp³-hybridized carbons (Fsp3) is 0.167. The minimum atomic E-state index is -0.132. The van der Waals surface area contributed by atoms with E-state index in [0.717, 1.165) is 10.9 Å². The molecule has 0 radical (unpaired) electrons. The van der Waals surface area contributed by atoms with Crippen molar-refractivity contribution in [1.82, 2.24) is 10.3 Å². The normalized spacial score (nSPS) is 10.2. The fourth-order valence-corrected chi connectivity index (χ4v) is 2.29. The molecule has 0 fully saturated rings. The summed E-state index contributed by atoms with van der Waals surface area (Å²) in [6, 6.07) is 5.57. The van der Waals surface area contributed by atoms with Gasteiger partial charge in [-0.3, -0.25) is 4.79 Å². The zero-order valence-corrected chi connectivity index (χ0v) is 11.4. The highest BCUT2D eigenvalue weighted by molar-refractivity contribution is 9.10. The Bertz CT molecular complexity index is 482. The van der Waals surface area contributed by atoms with Crippen LogP contribution in [0.25, 0.3) is 0 Å². The molecule has 2 rings (SSSR count). The van der Waals surface area contributed by atoms with Gasteiger partial charge in [0.1, 0.15) is 5.69 Å². The lowest BCUT2D eigenvalue weighted by molar-refractivity contribution is 0.0949. The minimum Gasteiger partial charge on any atom is -0.350 e. The lowest BCUT2D eigenvalue weighted by Crippen LogP contribution is -2.26. The molecule has 0 saturated carbocycles. The van der Waals surface area contributed by atoms with Crippen molar-refractivity contribution >= 4 is 33.2 Å². The van der Waals surface area contributed by atoms with Crippen LogP contribution in [0.5, 0.6) is 0 Å². The number of halogens is 1. The molecule has 0 unspecified atom stereocenters. The van der Waals surface area contributed by atoms with Gasteiger partial charge < -0.3 is 5.32 Å². The Hall–Kier alpha value is -1.20. The van der Waals surface area contributed by atoms with Gasteiger partial charge in [-0.05, 0) is 56.9 Å². The summed E-state index contributed by atoms with van der Waals surface area (Å²) in [7, 11) is 0. The van der Waals surface area contributed by atoms with E-state index in [4.69, 9.17) is 0 Å². The van der Waals surface area contributed by atoms with E-state index in [1.165, 1.54) is 5.56 Å². The van der Waals surface area contributed by atoms with Crippen LogP contribution in [0.1, 0.15) is 16.1 Å². The van der Waals surface area contributed by atoms with Gasteiger partial charge in [0.15, 0.2) is 0 Å². The van der Waals surface area contributed by atoms with E-state index in [1.54, 1.807) is 29.7 Å². The van der Waals surface area contributed by atoms with Gasteiger partial charge in [0.25, 0.3) is 5.91 Å². The van der Waals surface area contributed by atoms with Crippen LogP contribution in [0.4, 0.5) is 0 Å². The van der Waals surface area contributed by atoms with E-state index in [0.29, 0.717) is 12.2 Å². The summed E-state index contributed by atoms with van der Waals surface area (Å²) in [5.74, 6) is -0.132. The Balaban J connectivity index is 1.83. The van der Waals surface area contributed by atoms with E-state index >= 15 is 0 Å². The molecule has 2 aromatic heterocycles. The molecule has 0 saturated heterocycles. The predicted octanol–water partition coefficient (Wildman–Crippen LogP) is 2.88. The average Bonchev–Trinajstić information content (AvgIpc) is 2.83. The van der Waals surface area contributed by atoms with Gasteiger partial charge in [-0.15, -0.1) is 0 Å². The molecule has 5 heteroatoms. The molecule has 3 nitrogen and oxygen atoms in total. The van der Waals surface area contributed by atoms with E-state index in [9.17, 15) is 4.79 Å². The summed E-state index contributed by atoms with van der Waals surface area (Å²) in [6.07, 6.45) is 2.47. The summed E-state index contributed by atoms with van der Waals surface area (Å²) in [6.45, 7) is 0.632. The topological polar surface area (TPSA) is 42.0 Å². The molecular weight excluding hydrogens is 300 g/mol. The van der Waals surface area contributed by atoms with Gasteiger partial charge in [0, 0.05) is 17.2 Å². The fourth-order valence-electron chi connectivity index (χ4n) is 1.36. The lowest BCUT2D eigenvalue weighted by atomic mass is 10.2. The maximum absolute atomic E-state index is 11.7. The van der Waals surface area contributed by atoms with E-state index in [2.05, 4.69) is 37.7 Å². The molecule has 0 aliphatic heterocycles. The number of carbonyl (C=O) groups is 1. The summed E-state index contributed by atoms with van der Waals surface area (Å²) in [5.41, 5.74) is 1.69. The summed E-state index contributed by atoms with van der Waals surface area (Å²) in [4.78, 5) is 15.7. The third kappa shape index (κ3) is 3.64. The molecule has 88 valence electrons. The van der Waals surface area contributed by atoms with E-state index < -0.39 is 0 Å². The SMILES string of the molecule is O=C(NCCc1ccsc1)c1ccc(Br)cn1. The van der Waals surface area contributed by atoms with Gasteiger partial charge >= 0.3 is 0 Å². The average molecular weight is 311 g/mol. The van der Waals surface area contributed by atoms with Crippen LogP contribution in [-0.4, -0.2) is 17.4 Å². The molecule has 0 spiro atoms. The molecule has 2 heterocycles. The lowest BCUT2D eigenvalue weighted by Gasteiger charge is -2.03. The number of hydrogen-bond donors (Lipinski definition) is 1. The Kier molecular flexibility index (Phi) is 4.28. The molecule has 1 N–H and O–H groups in total. The van der Waals surface area contributed by atoms with Crippen LogP contribution < -0.4 is 5.32 Å². The molecule has 0 bridgehead atoms. The highest BCUT2D eigenvalue weighted by Crippen LogP contribution is 2.08. The van der Waals surface area contributed by atoms with Crippen molar-refractivity contribution in [3.05, 3.63) is 50.9 Å². The second-order valence-electron chi connectivity index (χ2n) is 3.50. The molecule has 0 aliphatic carbocycles. The first-order valence-electron chi connectivity index (χ1n) is 5.16. The largest absolute Gasteiger partial charge is 0.350 e. The maximum atomic E-state index is 11.7. The Morgan fingerprint density at radius 2 is 2.29 bits per heavy atom. The van der Waals surface area contributed by atoms with Crippen LogP contribution in [-0.2, 0) is 6.42 Å². The first-order valence-corrected chi connectivity index (χ1v) is 6.90. The zero-order chi connectivity index (χ0) is 12.1. The van der Waals surface area contributed by atoms with E-state index in [1.807, 2.05) is 5.38 Å². The molecule has 0 atom stereocenters. The van der Waals surface area contributed by atoms with Crippen molar-refractivity contribution in [2.45, 2.75) is 6.42 Å². The second kappa shape index (κ2) is 5.93. The molecule has 0 aromatic carbocycles. The van der Waals surface area contributed by atoms with Crippen LogP contribution >= 0.6 is 27.3 Å². The van der Waals surface area contributed by atoms with Crippen molar-refractivity contribution in [1.29, 1.82) is 0 Å². The van der Waals surface area contributed by atoms with Gasteiger partial charge in [-0.2, -0.15) is 11.3 Å². The number of aromatic nitrogens is 1. The van der Waals surface area contributed by atoms with Gasteiger partial charge in [-0.1, -0.05) is 0 Å². The molecule has 2 aromatic rings. The Labute approximate surface area is 112 Å². The second-order valence-corrected chi connectivity index (χ2v) is 5.19. The summed E-state index contributed by atoms with van der Waals surface area (Å²) >= 11 is 4.95. The van der Waals surface area contributed by atoms with Crippen molar-refractivity contribution in [3.63, 3.8) is 0 Å². The van der Waals surface area contributed by atoms with Gasteiger partial charge in [0.05, 0.1) is 0 Å². The van der Waals surface area contributed by atoms with Crippen molar-refractivity contribution in [2.24, 2.45) is 0 Å². The Morgan fingerprint density at radius 1 is 1.41 bits per heavy atom. The third-order valence-corrected chi connectivity index (χ3v) is 3.44. The quantitative estimate of drug-likeness (QED) is 0.943. The van der Waals surface area contributed by atoms with E-state index in [-0.39, 0.29) is 5.91 Å². The molecular formula is C12H11BrN2OS. The van der Waals surface area contributed by atoms with Crippen molar-refractivity contribution in [3.8, 4) is 0 Å². The van der Waals surface area contributed by atoms with Crippen LogP contribution in [0.3, 0.4) is 0 Å².